The number of anilines is 2. The molecule has 0 spiro atoms. The van der Waals surface area contributed by atoms with Gasteiger partial charge in [0.25, 0.3) is 0 Å². The monoisotopic (exact) mass is 528 g/mol. The summed E-state index contributed by atoms with van der Waals surface area (Å²) in [5, 5.41) is 25.0. The van der Waals surface area contributed by atoms with Crippen molar-refractivity contribution >= 4 is 23.6 Å². The van der Waals surface area contributed by atoms with Crippen LogP contribution in [0.5, 0.6) is 23.0 Å². The fraction of sp³-hybridized carbons (Fsp3) is 0.133. The van der Waals surface area contributed by atoms with Crippen LogP contribution >= 0.6 is 0 Å². The maximum absolute atomic E-state index is 12.0. The molecule has 9 nitrogen and oxygen atoms in total. The van der Waals surface area contributed by atoms with E-state index in [-0.39, 0.29) is 24.7 Å². The summed E-state index contributed by atoms with van der Waals surface area (Å²) in [6.45, 7) is 3.91. The van der Waals surface area contributed by atoms with E-state index in [9.17, 15) is 19.8 Å². The number of aromatic hydroxyl groups is 2. The Labute approximate surface area is 225 Å². The third-order valence-electron chi connectivity index (χ3n) is 5.58. The van der Waals surface area contributed by atoms with Gasteiger partial charge >= 0.3 is 12.2 Å². The Kier molecular flexibility index (Phi) is 8.53. The van der Waals surface area contributed by atoms with Gasteiger partial charge in [0.2, 0.25) is 0 Å². The van der Waals surface area contributed by atoms with Gasteiger partial charge in [-0.15, -0.1) is 0 Å². The van der Waals surface area contributed by atoms with Crippen LogP contribution in [0.1, 0.15) is 13.8 Å². The molecule has 2 amide bonds. The lowest BCUT2D eigenvalue weighted by atomic mass is 10.0. The lowest BCUT2D eigenvalue weighted by Crippen LogP contribution is -2.13. The summed E-state index contributed by atoms with van der Waals surface area (Å²) in [7, 11) is 0. The van der Waals surface area contributed by atoms with Crippen LogP contribution < -0.4 is 15.4 Å². The molecule has 200 valence electrons. The van der Waals surface area contributed by atoms with Gasteiger partial charge in [-0.3, -0.25) is 10.6 Å². The zero-order valence-corrected chi connectivity index (χ0v) is 21.4. The van der Waals surface area contributed by atoms with Crippen LogP contribution in [0.3, 0.4) is 0 Å². The summed E-state index contributed by atoms with van der Waals surface area (Å²) in [5.41, 5.74) is 3.77. The number of hydrogen-bond acceptors (Lipinski definition) is 7. The number of hydrogen-bond donors (Lipinski definition) is 4. The third kappa shape index (κ3) is 6.98. The zero-order valence-electron chi connectivity index (χ0n) is 21.4. The van der Waals surface area contributed by atoms with Crippen LogP contribution in [0.2, 0.25) is 0 Å². The molecule has 0 fully saturated rings. The predicted molar refractivity (Wildman–Crippen MR) is 148 cm³/mol. The zero-order chi connectivity index (χ0) is 27.8. The van der Waals surface area contributed by atoms with E-state index in [0.717, 1.165) is 11.1 Å². The van der Waals surface area contributed by atoms with E-state index in [0.29, 0.717) is 34.0 Å². The van der Waals surface area contributed by atoms with E-state index in [1.165, 1.54) is 0 Å². The van der Waals surface area contributed by atoms with E-state index in [2.05, 4.69) is 10.6 Å². The molecule has 0 aliphatic rings. The van der Waals surface area contributed by atoms with E-state index in [4.69, 9.17) is 14.2 Å². The molecule has 0 aliphatic heterocycles. The summed E-state index contributed by atoms with van der Waals surface area (Å²) < 4.78 is 16.4. The number of phenols is 2. The van der Waals surface area contributed by atoms with Gasteiger partial charge in [-0.25, -0.2) is 9.59 Å². The minimum absolute atomic E-state index is 0.112. The SMILES string of the molecule is CCOC(=O)Nc1ccc(Oc2ccc(NC(=O)OCC)cc2-c2ccc(O)cc2)c(-c2ccc(O)cc2)c1. The van der Waals surface area contributed by atoms with Crippen molar-refractivity contribution in [2.45, 2.75) is 13.8 Å². The van der Waals surface area contributed by atoms with Gasteiger partial charge in [-0.05, 0) is 85.6 Å². The maximum Gasteiger partial charge on any atom is 0.411 e. The van der Waals surface area contributed by atoms with Crippen molar-refractivity contribution in [2.24, 2.45) is 0 Å². The first kappa shape index (κ1) is 26.9. The molecular weight excluding hydrogens is 500 g/mol. The number of phenolic OH excluding ortho intramolecular Hbond substituents is 2. The standard InChI is InChI=1S/C30H28N2O7/c1-3-37-29(35)31-21-9-15-27(25(17-21)19-5-11-23(33)12-6-19)39-28-16-10-22(32-30(36)38-4-2)18-26(28)20-7-13-24(34)14-8-20/h5-18,33-34H,3-4H2,1-2H3,(H,31,35)(H,32,36). The molecule has 0 saturated heterocycles. The lowest BCUT2D eigenvalue weighted by molar-refractivity contribution is 0.167. The van der Waals surface area contributed by atoms with E-state index in [1.807, 2.05) is 0 Å². The predicted octanol–water partition coefficient (Wildman–Crippen LogP) is 7.36. The molecule has 0 saturated carbocycles. The Morgan fingerprint density at radius 1 is 0.615 bits per heavy atom. The molecular formula is C30H28N2O7. The van der Waals surface area contributed by atoms with Gasteiger partial charge in [0.05, 0.1) is 13.2 Å². The number of rotatable bonds is 8. The third-order valence-corrected chi connectivity index (χ3v) is 5.58. The molecule has 4 aromatic carbocycles. The molecule has 0 aliphatic carbocycles. The summed E-state index contributed by atoms with van der Waals surface area (Å²) in [4.78, 5) is 24.0. The first-order valence-electron chi connectivity index (χ1n) is 12.3. The van der Waals surface area contributed by atoms with Crippen molar-refractivity contribution in [3.63, 3.8) is 0 Å². The molecule has 39 heavy (non-hydrogen) atoms. The Bertz CT molecular complexity index is 1340. The smallest absolute Gasteiger partial charge is 0.411 e. The second kappa shape index (κ2) is 12.4. The minimum Gasteiger partial charge on any atom is -0.508 e. The fourth-order valence-corrected chi connectivity index (χ4v) is 3.82. The quantitative estimate of drug-likeness (QED) is 0.188. The first-order valence-corrected chi connectivity index (χ1v) is 12.3. The summed E-state index contributed by atoms with van der Waals surface area (Å²) in [6.07, 6.45) is -1.16. The van der Waals surface area contributed by atoms with Gasteiger partial charge < -0.3 is 24.4 Å². The van der Waals surface area contributed by atoms with Crippen molar-refractivity contribution < 1.29 is 34.0 Å². The number of amides is 2. The molecule has 4 aromatic rings. The average Bonchev–Trinajstić information content (AvgIpc) is 2.91. The maximum atomic E-state index is 12.0. The summed E-state index contributed by atoms with van der Waals surface area (Å²) in [6, 6.07) is 23.5. The Morgan fingerprint density at radius 3 is 1.36 bits per heavy atom. The molecule has 9 heteroatoms. The lowest BCUT2D eigenvalue weighted by Gasteiger charge is -2.17. The van der Waals surface area contributed by atoms with Crippen LogP contribution in [-0.2, 0) is 9.47 Å². The highest BCUT2D eigenvalue weighted by Crippen LogP contribution is 2.41. The average molecular weight is 529 g/mol. The Hall–Kier alpha value is -5.18. The van der Waals surface area contributed by atoms with E-state index >= 15 is 0 Å². The minimum atomic E-state index is -0.581. The van der Waals surface area contributed by atoms with Gasteiger partial charge in [0.15, 0.2) is 0 Å². The number of carbonyl (C=O) groups excluding carboxylic acids is 2. The van der Waals surface area contributed by atoms with Crippen molar-refractivity contribution in [1.82, 2.24) is 0 Å². The van der Waals surface area contributed by atoms with Crippen LogP contribution in [-0.4, -0.2) is 35.6 Å². The highest BCUT2D eigenvalue weighted by atomic mass is 16.6. The van der Waals surface area contributed by atoms with Crippen LogP contribution in [0.4, 0.5) is 21.0 Å². The van der Waals surface area contributed by atoms with Gasteiger partial charge in [0, 0.05) is 22.5 Å². The molecule has 0 bridgehead atoms. The molecule has 4 rings (SSSR count). The fourth-order valence-electron chi connectivity index (χ4n) is 3.82. The number of ether oxygens (including phenoxy) is 3. The molecule has 0 unspecified atom stereocenters. The molecule has 0 radical (unpaired) electrons. The van der Waals surface area contributed by atoms with Gasteiger partial charge in [-0.2, -0.15) is 0 Å². The van der Waals surface area contributed by atoms with Crippen LogP contribution in [0.15, 0.2) is 84.9 Å². The highest BCUT2D eigenvalue weighted by Gasteiger charge is 2.15. The number of nitrogens with one attached hydrogen (secondary N) is 2. The van der Waals surface area contributed by atoms with Gasteiger partial charge in [-0.1, -0.05) is 24.3 Å². The Morgan fingerprint density at radius 2 is 1.00 bits per heavy atom. The van der Waals surface area contributed by atoms with E-state index < -0.39 is 12.2 Å². The summed E-state index contributed by atoms with van der Waals surface area (Å²) >= 11 is 0. The normalized spacial score (nSPS) is 10.4. The van der Waals surface area contributed by atoms with Crippen molar-refractivity contribution in [1.29, 1.82) is 0 Å². The van der Waals surface area contributed by atoms with Crippen molar-refractivity contribution in [2.75, 3.05) is 23.8 Å². The Balaban J connectivity index is 1.76. The molecule has 0 heterocycles. The second-order valence-corrected chi connectivity index (χ2v) is 8.31. The number of benzene rings is 4. The number of carbonyl (C=O) groups is 2. The van der Waals surface area contributed by atoms with E-state index in [1.54, 1.807) is 98.8 Å². The largest absolute Gasteiger partial charge is 0.508 e. The molecule has 0 atom stereocenters. The second-order valence-electron chi connectivity index (χ2n) is 8.31. The first-order chi connectivity index (χ1) is 18.9. The van der Waals surface area contributed by atoms with Crippen molar-refractivity contribution in [3.8, 4) is 45.3 Å². The molecule has 4 N–H and O–H groups in total. The molecule has 0 aromatic heterocycles. The summed E-state index contributed by atoms with van der Waals surface area (Å²) in [5.74, 6) is 1.17. The van der Waals surface area contributed by atoms with Gasteiger partial charge in [0.1, 0.15) is 23.0 Å². The topological polar surface area (TPSA) is 126 Å². The van der Waals surface area contributed by atoms with Crippen LogP contribution in [0.25, 0.3) is 22.3 Å². The van der Waals surface area contributed by atoms with Crippen molar-refractivity contribution in [3.05, 3.63) is 84.9 Å². The van der Waals surface area contributed by atoms with Crippen LogP contribution in [0, 0.1) is 0 Å². The highest BCUT2D eigenvalue weighted by molar-refractivity contribution is 5.88.